The van der Waals surface area contributed by atoms with E-state index in [9.17, 15) is 4.79 Å². The molecule has 104 valence electrons. The molecule has 0 aliphatic heterocycles. The molecule has 3 aromatic rings. The average molecular weight is 293 g/mol. The molecule has 3 heteroatoms. The fourth-order valence-corrected chi connectivity index (χ4v) is 3.16. The second kappa shape index (κ2) is 6.02. The van der Waals surface area contributed by atoms with Crippen LogP contribution in [0.3, 0.4) is 0 Å². The molecule has 0 bridgehead atoms. The van der Waals surface area contributed by atoms with Crippen molar-refractivity contribution in [1.82, 2.24) is 4.98 Å². The zero-order chi connectivity index (χ0) is 14.7. The monoisotopic (exact) mass is 293 g/mol. The molecule has 0 spiro atoms. The molecule has 0 aliphatic carbocycles. The number of rotatable bonds is 4. The average Bonchev–Trinajstić information content (AvgIpc) is 2.98. The molecule has 2 heterocycles. The van der Waals surface area contributed by atoms with Crippen LogP contribution >= 0.6 is 11.3 Å². The lowest BCUT2D eigenvalue weighted by atomic mass is 10.1. The van der Waals surface area contributed by atoms with E-state index >= 15 is 0 Å². The third-order valence-electron chi connectivity index (χ3n) is 3.27. The summed E-state index contributed by atoms with van der Waals surface area (Å²) < 4.78 is 0. The Kier molecular flexibility index (Phi) is 3.93. The summed E-state index contributed by atoms with van der Waals surface area (Å²) >= 11 is 1.55. The Labute approximate surface area is 128 Å². The van der Waals surface area contributed by atoms with Crippen LogP contribution in [0.4, 0.5) is 0 Å². The molecule has 0 N–H and O–H groups in total. The van der Waals surface area contributed by atoms with Crippen LogP contribution in [0, 0.1) is 6.92 Å². The van der Waals surface area contributed by atoms with E-state index in [-0.39, 0.29) is 5.78 Å². The molecular weight excluding hydrogens is 278 g/mol. The van der Waals surface area contributed by atoms with E-state index in [2.05, 4.69) is 30.1 Å². The first-order chi connectivity index (χ1) is 10.2. The summed E-state index contributed by atoms with van der Waals surface area (Å²) in [7, 11) is 0. The van der Waals surface area contributed by atoms with E-state index < -0.39 is 0 Å². The number of nitrogens with zero attached hydrogens (tertiary/aromatic N) is 1. The quantitative estimate of drug-likeness (QED) is 0.661. The minimum Gasteiger partial charge on any atom is -0.293 e. The third kappa shape index (κ3) is 3.26. The largest absolute Gasteiger partial charge is 0.293 e. The summed E-state index contributed by atoms with van der Waals surface area (Å²) in [5.74, 6) is 0.145. The summed E-state index contributed by atoms with van der Waals surface area (Å²) in [6, 6.07) is 16.1. The van der Waals surface area contributed by atoms with Gasteiger partial charge in [0.05, 0.1) is 4.88 Å². The van der Waals surface area contributed by atoms with Gasteiger partial charge in [-0.05, 0) is 36.2 Å². The molecule has 0 saturated carbocycles. The van der Waals surface area contributed by atoms with Gasteiger partial charge >= 0.3 is 0 Å². The van der Waals surface area contributed by atoms with Gasteiger partial charge in [-0.2, -0.15) is 0 Å². The minimum atomic E-state index is 0.145. The van der Waals surface area contributed by atoms with Crippen molar-refractivity contribution < 1.29 is 4.79 Å². The topological polar surface area (TPSA) is 30.0 Å². The Balaban J connectivity index is 1.80. The number of benzene rings is 1. The fraction of sp³-hybridized carbons (Fsp3) is 0.111. The molecule has 0 saturated heterocycles. The molecule has 21 heavy (non-hydrogen) atoms. The molecule has 3 rings (SSSR count). The number of Topliss-reactive ketones (excluding diaryl/α,β-unsaturated/α-hetero) is 1. The zero-order valence-corrected chi connectivity index (χ0v) is 12.6. The highest BCUT2D eigenvalue weighted by atomic mass is 32.1. The van der Waals surface area contributed by atoms with Gasteiger partial charge < -0.3 is 0 Å². The van der Waals surface area contributed by atoms with E-state index in [1.54, 1.807) is 23.7 Å². The fourth-order valence-electron chi connectivity index (χ4n) is 2.22. The van der Waals surface area contributed by atoms with Crippen molar-refractivity contribution in [3.63, 3.8) is 0 Å². The SMILES string of the molecule is Cc1cccc(-c2ccc(C(=O)Cc3cccnc3)s2)c1. The summed E-state index contributed by atoms with van der Waals surface area (Å²) in [5, 5.41) is 0. The van der Waals surface area contributed by atoms with Crippen LogP contribution in [0.25, 0.3) is 10.4 Å². The maximum absolute atomic E-state index is 12.3. The third-order valence-corrected chi connectivity index (χ3v) is 4.45. The predicted molar refractivity (Wildman–Crippen MR) is 86.8 cm³/mol. The van der Waals surface area contributed by atoms with E-state index in [0.717, 1.165) is 15.3 Å². The Hall–Kier alpha value is -2.26. The summed E-state index contributed by atoms with van der Waals surface area (Å²) in [6.07, 6.45) is 3.86. The standard InChI is InChI=1S/C18H15NOS/c1-13-4-2-6-15(10-13)17-7-8-18(21-17)16(20)11-14-5-3-9-19-12-14/h2-10,12H,11H2,1H3. The Bertz CT molecular complexity index is 762. The van der Waals surface area contributed by atoms with E-state index in [1.165, 1.54) is 11.1 Å². The minimum absolute atomic E-state index is 0.145. The van der Waals surface area contributed by atoms with Crippen LogP contribution in [0.15, 0.2) is 60.9 Å². The Morgan fingerprint density at radius 3 is 2.81 bits per heavy atom. The lowest BCUT2D eigenvalue weighted by Crippen LogP contribution is -2.00. The summed E-state index contributed by atoms with van der Waals surface area (Å²) in [5.41, 5.74) is 3.34. The van der Waals surface area contributed by atoms with Crippen LogP contribution in [0.5, 0.6) is 0 Å². The molecule has 0 amide bonds. The number of aryl methyl sites for hydroxylation is 1. The van der Waals surface area contributed by atoms with Gasteiger partial charge in [0, 0.05) is 23.7 Å². The van der Waals surface area contributed by atoms with E-state index in [4.69, 9.17) is 0 Å². The van der Waals surface area contributed by atoms with Crippen LogP contribution in [-0.2, 0) is 6.42 Å². The van der Waals surface area contributed by atoms with Gasteiger partial charge in [0.25, 0.3) is 0 Å². The van der Waals surface area contributed by atoms with Crippen LogP contribution in [0.2, 0.25) is 0 Å². The van der Waals surface area contributed by atoms with Crippen molar-refractivity contribution in [3.05, 3.63) is 76.9 Å². The molecule has 0 radical (unpaired) electrons. The van der Waals surface area contributed by atoms with Gasteiger partial charge in [0.1, 0.15) is 0 Å². The van der Waals surface area contributed by atoms with Gasteiger partial charge in [-0.3, -0.25) is 9.78 Å². The molecule has 0 aliphatic rings. The van der Waals surface area contributed by atoms with Gasteiger partial charge in [0.2, 0.25) is 0 Å². The van der Waals surface area contributed by atoms with Crippen LogP contribution in [0.1, 0.15) is 20.8 Å². The maximum atomic E-state index is 12.3. The highest BCUT2D eigenvalue weighted by Crippen LogP contribution is 2.29. The molecule has 0 unspecified atom stereocenters. The van der Waals surface area contributed by atoms with Crippen molar-refractivity contribution in [2.24, 2.45) is 0 Å². The number of carbonyl (C=O) groups is 1. The van der Waals surface area contributed by atoms with Crippen LogP contribution < -0.4 is 0 Å². The lowest BCUT2D eigenvalue weighted by Gasteiger charge is -1.99. The highest BCUT2D eigenvalue weighted by molar-refractivity contribution is 7.17. The molecular formula is C18H15NOS. The zero-order valence-electron chi connectivity index (χ0n) is 11.7. The predicted octanol–water partition coefficient (Wildman–Crippen LogP) is 4.54. The molecule has 0 fully saturated rings. The Morgan fingerprint density at radius 1 is 1.14 bits per heavy atom. The second-order valence-corrected chi connectivity index (χ2v) is 6.08. The van der Waals surface area contributed by atoms with Gasteiger partial charge in [0.15, 0.2) is 5.78 Å². The number of carbonyl (C=O) groups excluding carboxylic acids is 1. The normalized spacial score (nSPS) is 10.5. The number of hydrogen-bond donors (Lipinski definition) is 0. The first-order valence-corrected chi connectivity index (χ1v) is 7.63. The number of thiophene rings is 1. The molecule has 2 aromatic heterocycles. The number of aromatic nitrogens is 1. The molecule has 2 nitrogen and oxygen atoms in total. The number of hydrogen-bond acceptors (Lipinski definition) is 3. The van der Waals surface area contributed by atoms with Crippen molar-refractivity contribution in [2.75, 3.05) is 0 Å². The molecule has 1 aromatic carbocycles. The van der Waals surface area contributed by atoms with Gasteiger partial charge in [-0.1, -0.05) is 35.9 Å². The first-order valence-electron chi connectivity index (χ1n) is 6.81. The maximum Gasteiger partial charge on any atom is 0.177 e. The second-order valence-electron chi connectivity index (χ2n) is 4.99. The van der Waals surface area contributed by atoms with E-state index in [0.29, 0.717) is 6.42 Å². The smallest absolute Gasteiger partial charge is 0.177 e. The van der Waals surface area contributed by atoms with Crippen molar-refractivity contribution >= 4 is 17.1 Å². The lowest BCUT2D eigenvalue weighted by molar-refractivity contribution is 0.0996. The Morgan fingerprint density at radius 2 is 2.05 bits per heavy atom. The van der Waals surface area contributed by atoms with E-state index in [1.807, 2.05) is 30.3 Å². The first kappa shape index (κ1) is 13.7. The molecule has 0 atom stereocenters. The van der Waals surface area contributed by atoms with Crippen LogP contribution in [-0.4, -0.2) is 10.8 Å². The number of ketones is 1. The van der Waals surface area contributed by atoms with Crippen molar-refractivity contribution in [1.29, 1.82) is 0 Å². The van der Waals surface area contributed by atoms with Crippen molar-refractivity contribution in [2.45, 2.75) is 13.3 Å². The highest BCUT2D eigenvalue weighted by Gasteiger charge is 2.11. The van der Waals surface area contributed by atoms with Gasteiger partial charge in [-0.15, -0.1) is 11.3 Å². The number of pyridine rings is 1. The summed E-state index contributed by atoms with van der Waals surface area (Å²) in [6.45, 7) is 2.07. The van der Waals surface area contributed by atoms with Gasteiger partial charge in [-0.25, -0.2) is 0 Å². The van der Waals surface area contributed by atoms with Crippen molar-refractivity contribution in [3.8, 4) is 10.4 Å². The summed E-state index contributed by atoms with van der Waals surface area (Å²) in [4.78, 5) is 18.3.